The van der Waals surface area contributed by atoms with Gasteiger partial charge in [-0.3, -0.25) is 4.90 Å². The summed E-state index contributed by atoms with van der Waals surface area (Å²) in [5, 5.41) is 3.96. The highest BCUT2D eigenvalue weighted by atomic mass is 15.3. The van der Waals surface area contributed by atoms with Crippen molar-refractivity contribution in [3.05, 3.63) is 0 Å². The van der Waals surface area contributed by atoms with Crippen LogP contribution in [0.5, 0.6) is 0 Å². The van der Waals surface area contributed by atoms with E-state index in [0.717, 1.165) is 12.0 Å². The molecule has 3 fully saturated rings. The van der Waals surface area contributed by atoms with Gasteiger partial charge in [-0.15, -0.1) is 0 Å². The molecule has 2 nitrogen and oxygen atoms in total. The number of hydrogen-bond acceptors (Lipinski definition) is 2. The lowest BCUT2D eigenvalue weighted by Gasteiger charge is -2.50. The molecule has 3 rings (SSSR count). The first-order chi connectivity index (χ1) is 10.3. The number of piperazine rings is 1. The van der Waals surface area contributed by atoms with Crippen molar-refractivity contribution in [2.75, 3.05) is 19.6 Å². The normalized spacial score (nSPS) is 31.6. The quantitative estimate of drug-likeness (QED) is 0.829. The second-order valence-corrected chi connectivity index (χ2v) is 8.05. The molecule has 1 spiro atoms. The topological polar surface area (TPSA) is 15.3 Å². The van der Waals surface area contributed by atoms with Gasteiger partial charge in [-0.1, -0.05) is 58.3 Å². The Hall–Kier alpha value is -0.0800. The highest BCUT2D eigenvalue weighted by Crippen LogP contribution is 2.33. The molecule has 0 amide bonds. The summed E-state index contributed by atoms with van der Waals surface area (Å²) in [6.45, 7) is 6.31. The van der Waals surface area contributed by atoms with Gasteiger partial charge in [0.25, 0.3) is 0 Å². The van der Waals surface area contributed by atoms with E-state index < -0.39 is 0 Å². The minimum absolute atomic E-state index is 0.483. The van der Waals surface area contributed by atoms with Gasteiger partial charge in [0, 0.05) is 24.7 Å². The van der Waals surface area contributed by atoms with Crippen LogP contribution in [-0.2, 0) is 0 Å². The Labute approximate surface area is 132 Å². The van der Waals surface area contributed by atoms with E-state index in [1.807, 2.05) is 0 Å². The summed E-state index contributed by atoms with van der Waals surface area (Å²) in [4.78, 5) is 2.87. The molecule has 0 aromatic heterocycles. The molecule has 2 saturated carbocycles. The monoisotopic (exact) mass is 292 g/mol. The second kappa shape index (κ2) is 7.46. The molecular weight excluding hydrogens is 256 g/mol. The zero-order valence-electron chi connectivity index (χ0n) is 14.2. The molecule has 0 bridgehead atoms. The van der Waals surface area contributed by atoms with E-state index in [2.05, 4.69) is 17.1 Å². The molecule has 2 aliphatic carbocycles. The molecule has 0 aromatic rings. The van der Waals surface area contributed by atoms with E-state index in [1.54, 1.807) is 0 Å². The van der Waals surface area contributed by atoms with Gasteiger partial charge in [-0.05, 0) is 38.1 Å². The summed E-state index contributed by atoms with van der Waals surface area (Å²) < 4.78 is 0. The summed E-state index contributed by atoms with van der Waals surface area (Å²) in [5.74, 6) is 1.04. The van der Waals surface area contributed by atoms with Crippen molar-refractivity contribution in [1.29, 1.82) is 0 Å². The van der Waals surface area contributed by atoms with Gasteiger partial charge in [0.15, 0.2) is 0 Å². The van der Waals surface area contributed by atoms with E-state index in [9.17, 15) is 0 Å². The SMILES string of the molecule is CCC1CNC2(CCCCC2)CN1CCC1CCCCC1. The van der Waals surface area contributed by atoms with Crippen molar-refractivity contribution < 1.29 is 0 Å². The molecule has 1 aliphatic heterocycles. The maximum atomic E-state index is 3.96. The first-order valence-corrected chi connectivity index (χ1v) is 9.80. The zero-order valence-corrected chi connectivity index (χ0v) is 14.2. The molecule has 1 atom stereocenters. The second-order valence-electron chi connectivity index (χ2n) is 8.05. The molecule has 0 aromatic carbocycles. The minimum atomic E-state index is 0.483. The molecular formula is C19H36N2. The van der Waals surface area contributed by atoms with Crippen molar-refractivity contribution in [3.8, 4) is 0 Å². The molecule has 1 N–H and O–H groups in total. The van der Waals surface area contributed by atoms with Crippen molar-refractivity contribution >= 4 is 0 Å². The molecule has 0 radical (unpaired) electrons. The molecule has 122 valence electrons. The van der Waals surface area contributed by atoms with Gasteiger partial charge >= 0.3 is 0 Å². The van der Waals surface area contributed by atoms with Crippen LogP contribution in [0, 0.1) is 5.92 Å². The molecule has 1 saturated heterocycles. The Balaban J connectivity index is 1.54. The first-order valence-electron chi connectivity index (χ1n) is 9.80. The largest absolute Gasteiger partial charge is 0.308 e. The van der Waals surface area contributed by atoms with Crippen molar-refractivity contribution in [1.82, 2.24) is 10.2 Å². The molecule has 3 aliphatic rings. The van der Waals surface area contributed by atoms with Crippen LogP contribution in [0.1, 0.15) is 84.0 Å². The summed E-state index contributed by atoms with van der Waals surface area (Å²) in [6.07, 6.45) is 17.5. The van der Waals surface area contributed by atoms with Gasteiger partial charge in [0.05, 0.1) is 0 Å². The Morgan fingerprint density at radius 2 is 1.71 bits per heavy atom. The van der Waals surface area contributed by atoms with Crippen LogP contribution in [-0.4, -0.2) is 36.1 Å². The third-order valence-corrected chi connectivity index (χ3v) is 6.57. The summed E-state index contributed by atoms with van der Waals surface area (Å²) in [5.41, 5.74) is 0.483. The predicted molar refractivity (Wildman–Crippen MR) is 90.7 cm³/mol. The standard InChI is InChI=1S/C19H36N2/c1-2-18-15-20-19(12-7-4-8-13-19)16-21(18)14-11-17-9-5-3-6-10-17/h17-18,20H,2-16H2,1H3. The third-order valence-electron chi connectivity index (χ3n) is 6.57. The molecule has 2 heteroatoms. The van der Waals surface area contributed by atoms with Crippen LogP contribution >= 0.6 is 0 Å². The first kappa shape index (κ1) is 15.8. The number of hydrogen-bond donors (Lipinski definition) is 1. The summed E-state index contributed by atoms with van der Waals surface area (Å²) >= 11 is 0. The highest BCUT2D eigenvalue weighted by molar-refractivity contribution is 4.99. The summed E-state index contributed by atoms with van der Waals surface area (Å²) in [6, 6.07) is 0.793. The fourth-order valence-corrected chi connectivity index (χ4v) is 5.09. The van der Waals surface area contributed by atoms with Crippen LogP contribution in [0.15, 0.2) is 0 Å². The van der Waals surface area contributed by atoms with Crippen LogP contribution in [0.4, 0.5) is 0 Å². The average Bonchev–Trinajstić information content (AvgIpc) is 2.55. The predicted octanol–water partition coefficient (Wildman–Crippen LogP) is 4.34. The molecule has 1 heterocycles. The number of rotatable bonds is 4. The fourth-order valence-electron chi connectivity index (χ4n) is 5.09. The van der Waals surface area contributed by atoms with Crippen LogP contribution in [0.2, 0.25) is 0 Å². The maximum Gasteiger partial charge on any atom is 0.0309 e. The van der Waals surface area contributed by atoms with Crippen molar-refractivity contribution in [2.24, 2.45) is 5.92 Å². The van der Waals surface area contributed by atoms with Gasteiger partial charge in [0.1, 0.15) is 0 Å². The van der Waals surface area contributed by atoms with Gasteiger partial charge in [0.2, 0.25) is 0 Å². The lowest BCUT2D eigenvalue weighted by atomic mass is 9.79. The smallest absolute Gasteiger partial charge is 0.0309 e. The van der Waals surface area contributed by atoms with Gasteiger partial charge < -0.3 is 5.32 Å². The van der Waals surface area contributed by atoms with Crippen molar-refractivity contribution in [3.63, 3.8) is 0 Å². The van der Waals surface area contributed by atoms with E-state index in [0.29, 0.717) is 5.54 Å². The zero-order chi connectivity index (χ0) is 14.5. The van der Waals surface area contributed by atoms with E-state index in [4.69, 9.17) is 0 Å². The Morgan fingerprint density at radius 1 is 1.00 bits per heavy atom. The van der Waals surface area contributed by atoms with Crippen LogP contribution in [0.25, 0.3) is 0 Å². The average molecular weight is 293 g/mol. The van der Waals surface area contributed by atoms with Gasteiger partial charge in [-0.25, -0.2) is 0 Å². The summed E-state index contributed by atoms with van der Waals surface area (Å²) in [7, 11) is 0. The van der Waals surface area contributed by atoms with E-state index >= 15 is 0 Å². The Bertz CT molecular complexity index is 303. The molecule has 21 heavy (non-hydrogen) atoms. The number of nitrogens with one attached hydrogen (secondary N) is 1. The van der Waals surface area contributed by atoms with Crippen LogP contribution in [0.3, 0.4) is 0 Å². The number of nitrogens with zero attached hydrogens (tertiary/aromatic N) is 1. The molecule has 1 unspecified atom stereocenters. The van der Waals surface area contributed by atoms with E-state index in [-0.39, 0.29) is 0 Å². The van der Waals surface area contributed by atoms with E-state index in [1.165, 1.54) is 96.7 Å². The van der Waals surface area contributed by atoms with Crippen LogP contribution < -0.4 is 5.32 Å². The Kier molecular flexibility index (Phi) is 5.61. The third kappa shape index (κ3) is 4.01. The Morgan fingerprint density at radius 3 is 2.43 bits per heavy atom. The van der Waals surface area contributed by atoms with Gasteiger partial charge in [-0.2, -0.15) is 0 Å². The lowest BCUT2D eigenvalue weighted by molar-refractivity contribution is 0.0486. The minimum Gasteiger partial charge on any atom is -0.308 e. The van der Waals surface area contributed by atoms with Crippen molar-refractivity contribution in [2.45, 2.75) is 95.6 Å². The highest BCUT2D eigenvalue weighted by Gasteiger charge is 2.39. The maximum absolute atomic E-state index is 3.96. The fraction of sp³-hybridized carbons (Fsp3) is 1.00. The lowest BCUT2D eigenvalue weighted by Crippen LogP contribution is -2.64.